The lowest BCUT2D eigenvalue weighted by Gasteiger charge is -2.54. The predicted molar refractivity (Wildman–Crippen MR) is 61.5 cm³/mol. The average molecular weight is 590 g/mol. The summed E-state index contributed by atoms with van der Waals surface area (Å²) in [5.74, 6) is -95.5. The quantitative estimate of drug-likeness (QED) is 0.217. The van der Waals surface area contributed by atoms with E-state index in [4.69, 9.17) is 10.2 Å². The third-order valence-corrected chi connectivity index (χ3v) is 5.14. The second kappa shape index (κ2) is 6.71. The summed E-state index contributed by atoms with van der Waals surface area (Å²) >= 11 is 0. The van der Waals surface area contributed by atoms with Crippen molar-refractivity contribution in [3.05, 3.63) is 0 Å². The Hall–Kier alpha value is -1.56. The molecule has 2 aliphatic carbocycles. The Bertz CT molecular complexity index is 790. The first-order valence-corrected chi connectivity index (χ1v) is 7.80. The summed E-state index contributed by atoms with van der Waals surface area (Å²) in [6.07, 6.45) is 0. The Labute approximate surface area is 180 Å². The molecule has 36 heavy (non-hydrogen) atoms. The lowest BCUT2D eigenvalue weighted by atomic mass is 9.77. The van der Waals surface area contributed by atoms with E-state index in [0.29, 0.717) is 0 Å². The third-order valence-electron chi connectivity index (χ3n) is 5.14. The normalized spacial score (nSPS) is 34.5. The van der Waals surface area contributed by atoms with E-state index in [9.17, 15) is 87.8 Å². The van der Waals surface area contributed by atoms with Crippen LogP contribution in [0.5, 0.6) is 0 Å². The molecule has 0 bridgehead atoms. The van der Waals surface area contributed by atoms with E-state index in [-0.39, 0.29) is 0 Å². The molecular formula is C12H2F20O4. The third kappa shape index (κ3) is 2.49. The van der Waals surface area contributed by atoms with Gasteiger partial charge < -0.3 is 10.2 Å². The summed E-state index contributed by atoms with van der Waals surface area (Å²) in [6, 6.07) is 0. The second-order valence-electron chi connectivity index (χ2n) is 7.20. The van der Waals surface area contributed by atoms with Crippen molar-refractivity contribution < 1.29 is 108 Å². The van der Waals surface area contributed by atoms with Crippen LogP contribution in [0.15, 0.2) is 0 Å². The highest BCUT2D eigenvalue weighted by Crippen LogP contribution is 2.71. The molecule has 2 aliphatic rings. The SMILES string of the molecule is OC1(OOC2(O)C(F)(F)C(F)(F)C(F)(F)C(F)(F)C2(F)F)C(F)(F)C(F)(F)C(F)(F)C(F)(F)C1(F)F. The van der Waals surface area contributed by atoms with E-state index in [2.05, 4.69) is 0 Å². The van der Waals surface area contributed by atoms with Crippen molar-refractivity contribution in [3.63, 3.8) is 0 Å². The second-order valence-corrected chi connectivity index (χ2v) is 7.20. The molecule has 0 spiro atoms. The van der Waals surface area contributed by atoms with Crippen LogP contribution in [-0.2, 0) is 9.78 Å². The van der Waals surface area contributed by atoms with E-state index < -0.39 is 70.8 Å². The molecule has 214 valence electrons. The minimum atomic E-state index is -8.04. The number of aliphatic hydroxyl groups is 2. The molecule has 4 nitrogen and oxygen atoms in total. The predicted octanol–water partition coefficient (Wildman–Crippen LogP) is 4.69. The topological polar surface area (TPSA) is 58.9 Å². The van der Waals surface area contributed by atoms with Gasteiger partial charge in [-0.3, -0.25) is 0 Å². The van der Waals surface area contributed by atoms with Gasteiger partial charge in [0.1, 0.15) is 0 Å². The fraction of sp³-hybridized carbons (Fsp3) is 1.00. The summed E-state index contributed by atoms with van der Waals surface area (Å²) in [5, 5.41) is 17.8. The van der Waals surface area contributed by atoms with E-state index in [0.717, 1.165) is 0 Å². The average Bonchev–Trinajstić information content (AvgIpc) is 2.68. The van der Waals surface area contributed by atoms with E-state index in [1.165, 1.54) is 0 Å². The first-order chi connectivity index (χ1) is 15.2. The maximum Gasteiger partial charge on any atom is 0.384 e. The molecule has 0 aromatic heterocycles. The molecular weight excluding hydrogens is 588 g/mol. The van der Waals surface area contributed by atoms with Gasteiger partial charge in [0.15, 0.2) is 0 Å². The van der Waals surface area contributed by atoms with Gasteiger partial charge in [-0.05, 0) is 0 Å². The Morgan fingerprint density at radius 2 is 0.361 bits per heavy atom. The highest BCUT2D eigenvalue weighted by atomic mass is 19.4. The van der Waals surface area contributed by atoms with Crippen LogP contribution >= 0.6 is 0 Å². The Kier molecular flexibility index (Phi) is 5.71. The van der Waals surface area contributed by atoms with E-state index in [1.54, 1.807) is 9.78 Å². The highest BCUT2D eigenvalue weighted by Gasteiger charge is 3.04. The van der Waals surface area contributed by atoms with Gasteiger partial charge in [-0.15, -0.1) is 0 Å². The van der Waals surface area contributed by atoms with Gasteiger partial charge in [0.2, 0.25) is 0 Å². The van der Waals surface area contributed by atoms with Crippen LogP contribution in [0.3, 0.4) is 0 Å². The largest absolute Gasteiger partial charge is 0.384 e. The van der Waals surface area contributed by atoms with Crippen molar-refractivity contribution in [2.24, 2.45) is 0 Å². The van der Waals surface area contributed by atoms with Crippen molar-refractivity contribution in [1.29, 1.82) is 0 Å². The van der Waals surface area contributed by atoms with Gasteiger partial charge in [0.05, 0.1) is 0 Å². The number of halogens is 20. The van der Waals surface area contributed by atoms with Crippen LogP contribution in [0.4, 0.5) is 87.8 Å². The number of hydrogen-bond donors (Lipinski definition) is 2. The molecule has 0 amide bonds. The Morgan fingerprint density at radius 1 is 0.250 bits per heavy atom. The summed E-state index contributed by atoms with van der Waals surface area (Å²) in [7, 11) is 0. The zero-order chi connectivity index (χ0) is 29.4. The van der Waals surface area contributed by atoms with Crippen LogP contribution in [0.2, 0.25) is 0 Å². The monoisotopic (exact) mass is 590 g/mol. The maximum atomic E-state index is 13.7. The van der Waals surface area contributed by atoms with Gasteiger partial charge in [-0.1, -0.05) is 0 Å². The lowest BCUT2D eigenvalue weighted by molar-refractivity contribution is -0.647. The number of rotatable bonds is 3. The van der Waals surface area contributed by atoms with Gasteiger partial charge in [-0.2, -0.15) is 97.6 Å². The minimum absolute atomic E-state index is 1.77. The van der Waals surface area contributed by atoms with Crippen LogP contribution in [-0.4, -0.2) is 81.0 Å². The van der Waals surface area contributed by atoms with E-state index >= 15 is 0 Å². The molecule has 0 aromatic rings. The maximum absolute atomic E-state index is 13.7. The Morgan fingerprint density at radius 3 is 0.500 bits per heavy atom. The standard InChI is InChI=1S/C12H2F20O4/c13-1(14)3(17,18)7(25,26)11(33,8(27,28)4(1,19)20)35-36-12(34)9(29,30)5(21,22)2(15,16)6(23,24)10(12,31)32/h33-34H. The van der Waals surface area contributed by atoms with Crippen LogP contribution in [0.1, 0.15) is 0 Å². The highest BCUT2D eigenvalue weighted by molar-refractivity contribution is 5.25. The van der Waals surface area contributed by atoms with Crippen LogP contribution in [0, 0.1) is 0 Å². The van der Waals surface area contributed by atoms with Gasteiger partial charge in [-0.25, -0.2) is 0 Å². The molecule has 24 heteroatoms. The molecule has 0 atom stereocenters. The number of alkyl halides is 20. The first-order valence-electron chi connectivity index (χ1n) is 7.80. The fourth-order valence-corrected chi connectivity index (χ4v) is 2.76. The van der Waals surface area contributed by atoms with Crippen LogP contribution in [0.25, 0.3) is 0 Å². The van der Waals surface area contributed by atoms with Crippen molar-refractivity contribution in [2.45, 2.75) is 70.8 Å². The summed E-state index contributed by atoms with van der Waals surface area (Å²) in [5.41, 5.74) is 0. The molecule has 2 fully saturated rings. The van der Waals surface area contributed by atoms with Crippen molar-refractivity contribution in [2.75, 3.05) is 0 Å². The smallest absolute Gasteiger partial charge is 0.354 e. The molecule has 0 aromatic carbocycles. The molecule has 0 unspecified atom stereocenters. The first kappa shape index (κ1) is 30.7. The zero-order valence-electron chi connectivity index (χ0n) is 15.3. The molecule has 0 radical (unpaired) electrons. The fourth-order valence-electron chi connectivity index (χ4n) is 2.76. The molecule has 2 saturated carbocycles. The summed E-state index contributed by atoms with van der Waals surface area (Å²) < 4.78 is 268. The van der Waals surface area contributed by atoms with Gasteiger partial charge in [0, 0.05) is 0 Å². The van der Waals surface area contributed by atoms with E-state index in [1.807, 2.05) is 0 Å². The van der Waals surface area contributed by atoms with Gasteiger partial charge in [0.25, 0.3) is 0 Å². The molecule has 2 rings (SSSR count). The summed E-state index contributed by atoms with van der Waals surface area (Å²) in [4.78, 5) is 3.55. The number of hydrogen-bond acceptors (Lipinski definition) is 4. The molecule has 0 aliphatic heterocycles. The molecule has 0 heterocycles. The lowest BCUT2D eigenvalue weighted by Crippen LogP contribution is -2.88. The van der Waals surface area contributed by atoms with Crippen molar-refractivity contribution in [3.8, 4) is 0 Å². The summed E-state index contributed by atoms with van der Waals surface area (Å²) in [6.45, 7) is 0. The van der Waals surface area contributed by atoms with Crippen molar-refractivity contribution in [1.82, 2.24) is 0 Å². The zero-order valence-corrected chi connectivity index (χ0v) is 15.3. The molecule has 2 N–H and O–H groups in total. The Balaban J connectivity index is 2.80. The van der Waals surface area contributed by atoms with Crippen LogP contribution < -0.4 is 0 Å². The van der Waals surface area contributed by atoms with Crippen molar-refractivity contribution >= 4 is 0 Å². The minimum Gasteiger partial charge on any atom is -0.354 e. The van der Waals surface area contributed by atoms with Gasteiger partial charge >= 0.3 is 70.8 Å². The molecule has 0 saturated heterocycles.